The summed E-state index contributed by atoms with van der Waals surface area (Å²) in [5, 5.41) is 5.34. The SMILES string of the molecule is Cc1nn(-c2cccc(Cl)c2)c(Cl)c1C=CC(=O)c1ccc(NS(C)(=O)=O)cc1. The van der Waals surface area contributed by atoms with Crippen molar-refractivity contribution in [1.82, 2.24) is 9.78 Å². The molecule has 0 spiro atoms. The van der Waals surface area contributed by atoms with Crippen molar-refractivity contribution in [3.05, 3.63) is 81.6 Å². The van der Waals surface area contributed by atoms with E-state index in [1.165, 1.54) is 18.2 Å². The predicted molar refractivity (Wildman–Crippen MR) is 117 cm³/mol. The summed E-state index contributed by atoms with van der Waals surface area (Å²) in [6.45, 7) is 1.79. The molecule has 0 saturated carbocycles. The molecule has 0 bridgehead atoms. The number of nitrogens with zero attached hydrogens (tertiary/aromatic N) is 2. The van der Waals surface area contributed by atoms with Crippen LogP contribution >= 0.6 is 23.2 Å². The molecule has 3 aromatic rings. The Morgan fingerprint density at radius 3 is 2.45 bits per heavy atom. The van der Waals surface area contributed by atoms with Crippen LogP contribution in [0, 0.1) is 6.92 Å². The minimum Gasteiger partial charge on any atom is -0.289 e. The average molecular weight is 450 g/mol. The zero-order chi connectivity index (χ0) is 21.2. The number of allylic oxidation sites excluding steroid dienone is 1. The highest BCUT2D eigenvalue weighted by Gasteiger charge is 2.13. The van der Waals surface area contributed by atoms with E-state index in [1.54, 1.807) is 48.0 Å². The lowest BCUT2D eigenvalue weighted by Crippen LogP contribution is -2.09. The third-order valence-corrected chi connectivity index (χ3v) is 5.18. The lowest BCUT2D eigenvalue weighted by Gasteiger charge is -2.04. The molecular formula is C20H17Cl2N3O3S. The molecule has 0 aliphatic heterocycles. The number of sulfonamides is 1. The molecule has 0 fully saturated rings. The summed E-state index contributed by atoms with van der Waals surface area (Å²) in [5.41, 5.74) is 2.79. The monoisotopic (exact) mass is 449 g/mol. The highest BCUT2D eigenvalue weighted by molar-refractivity contribution is 7.92. The van der Waals surface area contributed by atoms with Gasteiger partial charge in [-0.1, -0.05) is 29.3 Å². The number of aryl methyl sites for hydroxylation is 1. The van der Waals surface area contributed by atoms with Crippen LogP contribution in [0.2, 0.25) is 10.2 Å². The Hall–Kier alpha value is -2.61. The van der Waals surface area contributed by atoms with Crippen LogP contribution in [0.3, 0.4) is 0 Å². The van der Waals surface area contributed by atoms with Gasteiger partial charge in [-0.25, -0.2) is 13.1 Å². The number of anilines is 1. The fourth-order valence-electron chi connectivity index (χ4n) is 2.65. The van der Waals surface area contributed by atoms with Crippen LogP contribution in [0.25, 0.3) is 11.8 Å². The van der Waals surface area contributed by atoms with E-state index in [4.69, 9.17) is 23.2 Å². The number of hydrogen-bond donors (Lipinski definition) is 1. The minimum atomic E-state index is -3.37. The van der Waals surface area contributed by atoms with Gasteiger partial charge in [-0.05, 0) is 61.5 Å². The molecule has 0 radical (unpaired) electrons. The largest absolute Gasteiger partial charge is 0.289 e. The summed E-state index contributed by atoms with van der Waals surface area (Å²) in [5.74, 6) is -0.248. The van der Waals surface area contributed by atoms with Crippen LogP contribution in [0.4, 0.5) is 5.69 Å². The molecule has 3 rings (SSSR count). The Balaban J connectivity index is 1.82. The maximum atomic E-state index is 12.4. The van der Waals surface area contributed by atoms with Gasteiger partial charge in [0.05, 0.1) is 17.6 Å². The van der Waals surface area contributed by atoms with Crippen molar-refractivity contribution >= 4 is 50.8 Å². The van der Waals surface area contributed by atoms with Gasteiger partial charge in [0, 0.05) is 21.8 Å². The van der Waals surface area contributed by atoms with Gasteiger partial charge in [0.25, 0.3) is 0 Å². The maximum absolute atomic E-state index is 12.4. The molecule has 0 aliphatic rings. The number of nitrogens with one attached hydrogen (secondary N) is 1. The van der Waals surface area contributed by atoms with Gasteiger partial charge in [-0.15, -0.1) is 0 Å². The zero-order valence-electron chi connectivity index (χ0n) is 15.6. The maximum Gasteiger partial charge on any atom is 0.229 e. The normalized spacial score (nSPS) is 11.7. The predicted octanol–water partition coefficient (Wildman–Crippen LogP) is 4.76. The van der Waals surface area contributed by atoms with Crippen LogP contribution in [-0.2, 0) is 10.0 Å². The van der Waals surface area contributed by atoms with Crippen molar-refractivity contribution in [3.63, 3.8) is 0 Å². The van der Waals surface area contributed by atoms with Gasteiger partial charge in [0.1, 0.15) is 5.15 Å². The fourth-order valence-corrected chi connectivity index (χ4v) is 3.74. The van der Waals surface area contributed by atoms with E-state index in [0.717, 1.165) is 6.26 Å². The number of carbonyl (C=O) groups excluding carboxylic acids is 1. The van der Waals surface area contributed by atoms with Crippen molar-refractivity contribution in [2.24, 2.45) is 0 Å². The number of hydrogen-bond acceptors (Lipinski definition) is 4. The molecule has 1 N–H and O–H groups in total. The van der Waals surface area contributed by atoms with Crippen molar-refractivity contribution in [2.45, 2.75) is 6.92 Å². The fraction of sp³-hybridized carbons (Fsp3) is 0.100. The second kappa shape index (κ2) is 8.41. The molecule has 1 heterocycles. The lowest BCUT2D eigenvalue weighted by molar-refractivity contribution is 0.104. The van der Waals surface area contributed by atoms with Crippen LogP contribution in [-0.4, -0.2) is 30.2 Å². The minimum absolute atomic E-state index is 0.248. The van der Waals surface area contributed by atoms with Crippen LogP contribution in [0.5, 0.6) is 0 Å². The number of ketones is 1. The smallest absolute Gasteiger partial charge is 0.229 e. The topological polar surface area (TPSA) is 81.1 Å². The summed E-state index contributed by atoms with van der Waals surface area (Å²) in [7, 11) is -3.37. The summed E-state index contributed by atoms with van der Waals surface area (Å²) in [6, 6.07) is 13.3. The van der Waals surface area contributed by atoms with E-state index in [9.17, 15) is 13.2 Å². The van der Waals surface area contributed by atoms with E-state index in [0.29, 0.717) is 38.4 Å². The van der Waals surface area contributed by atoms with Gasteiger partial charge >= 0.3 is 0 Å². The van der Waals surface area contributed by atoms with E-state index < -0.39 is 10.0 Å². The molecule has 0 amide bonds. The second-order valence-electron chi connectivity index (χ2n) is 6.33. The van der Waals surface area contributed by atoms with E-state index >= 15 is 0 Å². The highest BCUT2D eigenvalue weighted by atomic mass is 35.5. The first-order valence-electron chi connectivity index (χ1n) is 8.45. The molecular weight excluding hydrogens is 433 g/mol. The van der Waals surface area contributed by atoms with Crippen molar-refractivity contribution in [3.8, 4) is 5.69 Å². The Bertz CT molecular complexity index is 1200. The first-order valence-corrected chi connectivity index (χ1v) is 11.1. The van der Waals surface area contributed by atoms with E-state index in [2.05, 4.69) is 9.82 Å². The zero-order valence-corrected chi connectivity index (χ0v) is 17.9. The standard InChI is InChI=1S/C20H17Cl2N3O3S/c1-13-18(20(22)25(23-13)17-5-3-4-15(21)12-17)10-11-19(26)14-6-8-16(9-7-14)24-29(2,27)28/h3-12,24H,1-2H3. The molecule has 0 atom stereocenters. The number of benzene rings is 2. The summed E-state index contributed by atoms with van der Waals surface area (Å²) in [4.78, 5) is 12.4. The van der Waals surface area contributed by atoms with Gasteiger partial charge in [0.2, 0.25) is 10.0 Å². The number of aromatic nitrogens is 2. The number of carbonyl (C=O) groups is 1. The molecule has 2 aromatic carbocycles. The Kier molecular flexibility index (Phi) is 6.12. The first kappa shape index (κ1) is 21.1. The molecule has 29 heavy (non-hydrogen) atoms. The third-order valence-electron chi connectivity index (χ3n) is 3.97. The Labute approximate surface area is 178 Å². The van der Waals surface area contributed by atoms with Crippen molar-refractivity contribution in [2.75, 3.05) is 11.0 Å². The van der Waals surface area contributed by atoms with Crippen molar-refractivity contribution in [1.29, 1.82) is 0 Å². The molecule has 0 unspecified atom stereocenters. The van der Waals surface area contributed by atoms with E-state index in [1.807, 2.05) is 6.07 Å². The van der Waals surface area contributed by atoms with Crippen LogP contribution < -0.4 is 4.72 Å². The van der Waals surface area contributed by atoms with Gasteiger partial charge in [-0.2, -0.15) is 5.10 Å². The molecule has 0 aliphatic carbocycles. The molecule has 9 heteroatoms. The van der Waals surface area contributed by atoms with Gasteiger partial charge < -0.3 is 0 Å². The van der Waals surface area contributed by atoms with Crippen LogP contribution in [0.15, 0.2) is 54.6 Å². The Morgan fingerprint density at radius 2 is 1.83 bits per heavy atom. The highest BCUT2D eigenvalue weighted by Crippen LogP contribution is 2.26. The van der Waals surface area contributed by atoms with Gasteiger partial charge in [-0.3, -0.25) is 9.52 Å². The Morgan fingerprint density at radius 1 is 1.14 bits per heavy atom. The molecule has 150 valence electrons. The number of rotatable bonds is 6. The van der Waals surface area contributed by atoms with Crippen molar-refractivity contribution < 1.29 is 13.2 Å². The quantitative estimate of drug-likeness (QED) is 0.434. The molecule has 1 aromatic heterocycles. The third kappa shape index (κ3) is 5.26. The second-order valence-corrected chi connectivity index (χ2v) is 8.87. The number of halogens is 2. The first-order chi connectivity index (χ1) is 13.6. The summed E-state index contributed by atoms with van der Waals surface area (Å²) in [6.07, 6.45) is 4.07. The van der Waals surface area contributed by atoms with E-state index in [-0.39, 0.29) is 5.78 Å². The van der Waals surface area contributed by atoms with Crippen LogP contribution in [0.1, 0.15) is 21.6 Å². The average Bonchev–Trinajstić information content (AvgIpc) is 2.93. The molecule has 0 saturated heterocycles. The summed E-state index contributed by atoms with van der Waals surface area (Å²) >= 11 is 12.5. The van der Waals surface area contributed by atoms with Gasteiger partial charge in [0.15, 0.2) is 5.78 Å². The summed E-state index contributed by atoms with van der Waals surface area (Å²) < 4.78 is 26.4. The lowest BCUT2D eigenvalue weighted by atomic mass is 10.1. The molecule has 6 nitrogen and oxygen atoms in total.